The van der Waals surface area contributed by atoms with Crippen LogP contribution in [-0.4, -0.2) is 168 Å². The fourth-order valence-corrected chi connectivity index (χ4v) is 4.60. The van der Waals surface area contributed by atoms with Gasteiger partial charge >= 0.3 is 146 Å². The minimum absolute atomic E-state index is 0. The number of halogens is 36. The topological polar surface area (TPSA) is 105 Å². The number of carboxylic acids is 2. The SMILES string of the molecule is O=C([O-])C(F)(C(F)(F)F)C(F)(F)N1C(F)(C(F)(F)F)C(F)(F)OC(F)(F)C1(F)C(F)(F)F.O=C([O-])C(F)(C(F)(F)F)C(F)(F)N1C(F)(C(F)(F)F)C(F)(F)OC(F)(F)C1(F)C(F)(F)F.[Ca+2]. The van der Waals surface area contributed by atoms with E-state index in [9.17, 15) is 178 Å². The fourth-order valence-electron chi connectivity index (χ4n) is 4.60. The molecule has 2 heterocycles. The zero-order valence-corrected chi connectivity index (χ0v) is 29.9. The fraction of sp³-hybridized carbons (Fsp3) is 0.900. The largest absolute Gasteiger partial charge is 2.00 e. The van der Waals surface area contributed by atoms with Crippen LogP contribution < -0.4 is 10.2 Å². The van der Waals surface area contributed by atoms with Gasteiger partial charge in [0.1, 0.15) is 0 Å². The van der Waals surface area contributed by atoms with Crippen molar-refractivity contribution in [3.05, 3.63) is 0 Å². The van der Waals surface area contributed by atoms with E-state index >= 15 is 0 Å². The monoisotopic (exact) mass is 1090 g/mol. The summed E-state index contributed by atoms with van der Waals surface area (Å²) in [6.07, 6.45) is -80.3. The van der Waals surface area contributed by atoms with Gasteiger partial charge in [-0.15, -0.1) is 9.80 Å². The number of nitrogens with zero attached hydrogens (tertiary/aromatic N) is 2. The summed E-state index contributed by atoms with van der Waals surface area (Å²) in [5.41, 5.74) is -16.3. The van der Waals surface area contributed by atoms with E-state index in [2.05, 4.69) is 0 Å². The summed E-state index contributed by atoms with van der Waals surface area (Å²) < 4.78 is 480. The molecule has 380 valence electrons. The first-order valence-corrected chi connectivity index (χ1v) is 13.3. The van der Waals surface area contributed by atoms with Crippen LogP contribution in [0, 0.1) is 0 Å². The van der Waals surface area contributed by atoms with Gasteiger partial charge in [0, 0.05) is 0 Å². The predicted molar refractivity (Wildman–Crippen MR) is 111 cm³/mol. The van der Waals surface area contributed by atoms with Gasteiger partial charge in [-0.2, -0.15) is 132 Å². The van der Waals surface area contributed by atoms with E-state index in [1.54, 1.807) is 0 Å². The summed E-state index contributed by atoms with van der Waals surface area (Å²) in [6, 6.07) is -17.5. The van der Waals surface area contributed by atoms with Gasteiger partial charge in [-0.05, 0) is 0 Å². The van der Waals surface area contributed by atoms with Crippen molar-refractivity contribution in [1.29, 1.82) is 0 Å². The number of ether oxygens (including phenoxy) is 2. The minimum Gasteiger partial charge on any atom is -0.546 e. The molecule has 6 atom stereocenters. The predicted octanol–water partition coefficient (Wildman–Crippen LogP) is 6.77. The number of carboxylic acid groups (broad SMARTS) is 2. The first-order valence-electron chi connectivity index (χ1n) is 13.3. The Morgan fingerprint density at radius 2 is 0.477 bits per heavy atom. The Morgan fingerprint density at radius 1 is 0.338 bits per heavy atom. The summed E-state index contributed by atoms with van der Waals surface area (Å²) in [5, 5.41) is 20.5. The van der Waals surface area contributed by atoms with Gasteiger partial charge in [0.2, 0.25) is 0 Å². The third-order valence-corrected chi connectivity index (χ3v) is 7.52. The molecular formula is C20CaF36N2O6. The van der Waals surface area contributed by atoms with Crippen LogP contribution in [0.1, 0.15) is 0 Å². The zero-order chi connectivity index (χ0) is 52.7. The summed E-state index contributed by atoms with van der Waals surface area (Å²) in [6.45, 7) is 0. The Hall–Kier alpha value is -2.48. The van der Waals surface area contributed by atoms with Crippen LogP contribution in [-0.2, 0) is 19.1 Å². The molecule has 0 radical (unpaired) electrons. The molecule has 0 N–H and O–H groups in total. The molecule has 0 aromatic rings. The van der Waals surface area contributed by atoms with Crippen LogP contribution in [0.4, 0.5) is 158 Å². The van der Waals surface area contributed by atoms with Crippen molar-refractivity contribution >= 4 is 49.7 Å². The van der Waals surface area contributed by atoms with Crippen LogP contribution in [0.2, 0.25) is 0 Å². The minimum atomic E-state index is -8.73. The summed E-state index contributed by atoms with van der Waals surface area (Å²) >= 11 is 0. The average Bonchev–Trinajstić information content (AvgIpc) is 2.97. The zero-order valence-electron chi connectivity index (χ0n) is 27.7. The molecule has 2 aliphatic heterocycles. The van der Waals surface area contributed by atoms with E-state index in [-0.39, 0.29) is 37.7 Å². The molecule has 2 aliphatic rings. The van der Waals surface area contributed by atoms with Gasteiger partial charge in [0.05, 0.1) is 11.9 Å². The maximum Gasteiger partial charge on any atom is 2.00 e. The van der Waals surface area contributed by atoms with Gasteiger partial charge in [-0.3, -0.25) is 0 Å². The van der Waals surface area contributed by atoms with Gasteiger partial charge in [-0.1, -0.05) is 0 Å². The molecular weight excluding hydrogens is 1090 g/mol. The first kappa shape index (κ1) is 62.5. The van der Waals surface area contributed by atoms with Crippen LogP contribution >= 0.6 is 0 Å². The molecule has 2 rings (SSSR count). The molecule has 45 heteroatoms. The van der Waals surface area contributed by atoms with E-state index in [1.165, 1.54) is 9.47 Å². The van der Waals surface area contributed by atoms with Gasteiger partial charge in [-0.25, -0.2) is 35.8 Å². The Bertz CT molecular complexity index is 1600. The quantitative estimate of drug-likeness (QED) is 0.163. The molecule has 0 aromatic heterocycles. The molecule has 0 aliphatic carbocycles. The Balaban J connectivity index is 0.00000124. The molecule has 65 heavy (non-hydrogen) atoms. The molecule has 0 saturated carbocycles. The van der Waals surface area contributed by atoms with E-state index in [1.807, 2.05) is 0 Å². The molecule has 2 saturated heterocycles. The van der Waals surface area contributed by atoms with Gasteiger partial charge in [0.25, 0.3) is 0 Å². The smallest absolute Gasteiger partial charge is 0.546 e. The summed E-state index contributed by atoms with van der Waals surface area (Å²) in [5.74, 6) is -43.9. The van der Waals surface area contributed by atoms with Gasteiger partial charge < -0.3 is 19.8 Å². The summed E-state index contributed by atoms with van der Waals surface area (Å²) in [4.78, 5) is 10.6. The van der Waals surface area contributed by atoms with Crippen LogP contribution in [0.3, 0.4) is 0 Å². The number of carbonyl (C=O) groups is 2. The molecule has 0 aromatic carbocycles. The Kier molecular flexibility index (Phi) is 15.2. The van der Waals surface area contributed by atoms with Crippen molar-refractivity contribution in [2.45, 2.75) is 108 Å². The van der Waals surface area contributed by atoms with Crippen molar-refractivity contribution in [3.63, 3.8) is 0 Å². The van der Waals surface area contributed by atoms with Crippen LogP contribution in [0.25, 0.3) is 0 Å². The molecule has 8 nitrogen and oxygen atoms in total. The van der Waals surface area contributed by atoms with Crippen molar-refractivity contribution in [2.24, 2.45) is 0 Å². The molecule has 0 spiro atoms. The summed E-state index contributed by atoms with van der Waals surface area (Å²) in [7, 11) is 0. The normalized spacial score (nSPS) is 31.3. The first-order chi connectivity index (χ1) is 27.0. The van der Waals surface area contributed by atoms with Crippen LogP contribution in [0.15, 0.2) is 0 Å². The van der Waals surface area contributed by atoms with Crippen molar-refractivity contribution in [2.75, 3.05) is 0 Å². The number of alkyl halides is 36. The number of aliphatic carboxylic acids is 2. The number of morpholine rings is 2. The van der Waals surface area contributed by atoms with Crippen molar-refractivity contribution in [3.8, 4) is 0 Å². The molecule has 2 fully saturated rings. The Labute approximate surface area is 354 Å². The molecule has 0 bridgehead atoms. The second kappa shape index (κ2) is 15.8. The van der Waals surface area contributed by atoms with Crippen molar-refractivity contribution < 1.29 is 187 Å². The maximum atomic E-state index is 14.2. The van der Waals surface area contributed by atoms with E-state index in [0.29, 0.717) is 0 Å². The third kappa shape index (κ3) is 7.95. The molecule has 0 amide bonds. The average molecular weight is 1090 g/mol. The third-order valence-electron chi connectivity index (χ3n) is 7.52. The van der Waals surface area contributed by atoms with E-state index in [4.69, 9.17) is 0 Å². The number of hydrogen-bond acceptors (Lipinski definition) is 8. The second-order valence-corrected chi connectivity index (χ2v) is 11.4. The van der Waals surface area contributed by atoms with Gasteiger partial charge in [0.15, 0.2) is 0 Å². The number of carbonyl (C=O) groups excluding carboxylic acids is 2. The number of hydrogen-bond donors (Lipinski definition) is 0. The van der Waals surface area contributed by atoms with E-state index < -0.39 is 130 Å². The van der Waals surface area contributed by atoms with Crippen LogP contribution in [0.5, 0.6) is 0 Å². The maximum absolute atomic E-state index is 14.2. The second-order valence-electron chi connectivity index (χ2n) is 11.4. The van der Waals surface area contributed by atoms with Crippen molar-refractivity contribution in [1.82, 2.24) is 9.80 Å². The Morgan fingerprint density at radius 3 is 0.569 bits per heavy atom. The van der Waals surface area contributed by atoms with E-state index in [0.717, 1.165) is 0 Å². The molecule has 6 unspecified atom stereocenters. The standard InChI is InChI=1S/2C10HF18NO3.Ca/c2*11-2(1(30)31,5(14,15)16)8(23,24)29-3(12,6(17,18)19)9(25,26)32-10(27,28)4(29,13)7(20,21)22;/h2*(H,30,31);/q;;+2/p-2. The number of rotatable bonds is 6.